The van der Waals surface area contributed by atoms with Crippen molar-refractivity contribution in [3.63, 3.8) is 0 Å². The molecule has 54 heavy (non-hydrogen) atoms. The summed E-state index contributed by atoms with van der Waals surface area (Å²) in [6, 6.07) is 0. The van der Waals surface area contributed by atoms with E-state index < -0.39 is 5.97 Å². The summed E-state index contributed by atoms with van der Waals surface area (Å²) in [6.07, 6.45) is 41.9. The van der Waals surface area contributed by atoms with Crippen LogP contribution < -0.4 is 0 Å². The highest BCUT2D eigenvalue weighted by atomic mass is 16.9. The molecule has 0 radical (unpaired) electrons. The van der Waals surface area contributed by atoms with Crippen molar-refractivity contribution in [3.05, 3.63) is 12.7 Å². The predicted octanol–water partition coefficient (Wildman–Crippen LogP) is 17.7. The molecular formula is C51H102O3. The third kappa shape index (κ3) is 36.0. The first kappa shape index (κ1) is 53.6. The number of ether oxygens (including phenoxy) is 3. The van der Waals surface area contributed by atoms with E-state index in [4.69, 9.17) is 14.2 Å². The normalized spacial score (nSPS) is 13.5. The summed E-state index contributed by atoms with van der Waals surface area (Å²) in [6.45, 7) is 30.0. The van der Waals surface area contributed by atoms with Gasteiger partial charge in [-0.1, -0.05) is 229 Å². The zero-order valence-electron chi connectivity index (χ0n) is 39.1. The van der Waals surface area contributed by atoms with Crippen molar-refractivity contribution in [2.75, 3.05) is 19.8 Å². The Kier molecular flexibility index (Phi) is 33.3. The summed E-state index contributed by atoms with van der Waals surface area (Å²) >= 11 is 0. The number of rotatable bonds is 39. The lowest BCUT2D eigenvalue weighted by atomic mass is 9.89. The van der Waals surface area contributed by atoms with E-state index >= 15 is 0 Å². The summed E-state index contributed by atoms with van der Waals surface area (Å²) < 4.78 is 20.5. The van der Waals surface area contributed by atoms with Gasteiger partial charge >= 0.3 is 0 Å². The summed E-state index contributed by atoms with van der Waals surface area (Å²) in [5.41, 5.74) is 1.39. The molecule has 1 atom stereocenters. The molecule has 0 bridgehead atoms. The van der Waals surface area contributed by atoms with Crippen molar-refractivity contribution >= 4 is 0 Å². The molecule has 0 aliphatic heterocycles. The maximum atomic E-state index is 6.84. The second-order valence-corrected chi connectivity index (χ2v) is 20.9. The summed E-state index contributed by atoms with van der Waals surface area (Å²) in [4.78, 5) is 0. The van der Waals surface area contributed by atoms with E-state index in [9.17, 15) is 0 Å². The Bertz CT molecular complexity index is 713. The smallest absolute Gasteiger partial charge is 0.289 e. The van der Waals surface area contributed by atoms with Crippen molar-refractivity contribution in [1.29, 1.82) is 0 Å². The van der Waals surface area contributed by atoms with E-state index in [1.807, 2.05) is 0 Å². The van der Waals surface area contributed by atoms with Crippen molar-refractivity contribution in [1.82, 2.24) is 0 Å². The first-order valence-electron chi connectivity index (χ1n) is 24.2. The Morgan fingerprint density at radius 2 is 0.630 bits per heavy atom. The molecule has 0 spiro atoms. The molecule has 0 fully saturated rings. The van der Waals surface area contributed by atoms with Gasteiger partial charge < -0.3 is 14.2 Å². The van der Waals surface area contributed by atoms with Gasteiger partial charge in [-0.3, -0.25) is 0 Å². The number of hydrogen-bond acceptors (Lipinski definition) is 3. The van der Waals surface area contributed by atoms with Gasteiger partial charge in [0.15, 0.2) is 0 Å². The monoisotopic (exact) mass is 763 g/mol. The van der Waals surface area contributed by atoms with Crippen LogP contribution in [0.4, 0.5) is 0 Å². The second kappa shape index (κ2) is 33.6. The van der Waals surface area contributed by atoms with E-state index in [0.29, 0.717) is 36.1 Å². The maximum absolute atomic E-state index is 6.84. The van der Waals surface area contributed by atoms with Crippen LogP contribution in [0.3, 0.4) is 0 Å². The van der Waals surface area contributed by atoms with E-state index in [1.54, 1.807) is 0 Å². The first-order valence-corrected chi connectivity index (χ1v) is 24.2. The van der Waals surface area contributed by atoms with Crippen molar-refractivity contribution in [2.45, 2.75) is 274 Å². The summed E-state index contributed by atoms with van der Waals surface area (Å²) in [5, 5.41) is 0. The molecule has 324 valence electrons. The lowest BCUT2D eigenvalue weighted by molar-refractivity contribution is -0.400. The van der Waals surface area contributed by atoms with Gasteiger partial charge in [-0.25, -0.2) is 0 Å². The molecule has 0 aliphatic rings. The fraction of sp³-hybridized carbons (Fsp3) is 0.961. The highest BCUT2D eigenvalue weighted by Crippen LogP contribution is 2.33. The highest BCUT2D eigenvalue weighted by molar-refractivity contribution is 4.87. The molecule has 0 aromatic rings. The van der Waals surface area contributed by atoms with Crippen LogP contribution in [0.5, 0.6) is 0 Å². The van der Waals surface area contributed by atoms with Gasteiger partial charge in [0.1, 0.15) is 0 Å². The molecule has 0 aromatic carbocycles. The molecule has 0 rings (SSSR count). The quantitative estimate of drug-likeness (QED) is 0.0355. The lowest BCUT2D eigenvalue weighted by Crippen LogP contribution is -2.46. The van der Waals surface area contributed by atoms with Gasteiger partial charge in [0.05, 0.1) is 25.7 Å². The SMILES string of the molecule is C=CC(CCCCCCCC)C(OCCCCCCCCCC(C)(C)C)(OCCCCCCCCCC(C)(C)C)OCCCCCCCCCC(C)(C)C. The Labute approximate surface area is 342 Å². The first-order chi connectivity index (χ1) is 25.6. The minimum Gasteiger partial charge on any atom is -0.327 e. The molecule has 0 aromatic heterocycles. The van der Waals surface area contributed by atoms with Gasteiger partial charge in [0, 0.05) is 0 Å². The van der Waals surface area contributed by atoms with Crippen LogP contribution in [0, 0.1) is 22.2 Å². The molecule has 3 nitrogen and oxygen atoms in total. The van der Waals surface area contributed by atoms with Crippen LogP contribution in [0.15, 0.2) is 12.7 Å². The van der Waals surface area contributed by atoms with Crippen LogP contribution in [0.25, 0.3) is 0 Å². The zero-order chi connectivity index (χ0) is 40.4. The summed E-state index contributed by atoms with van der Waals surface area (Å²) in [5.74, 6) is -0.949. The average Bonchev–Trinajstić information content (AvgIpc) is 3.08. The summed E-state index contributed by atoms with van der Waals surface area (Å²) in [7, 11) is 0. The van der Waals surface area contributed by atoms with Crippen molar-refractivity contribution in [2.24, 2.45) is 22.2 Å². The molecule has 0 heterocycles. The van der Waals surface area contributed by atoms with E-state index in [0.717, 1.165) is 25.7 Å². The Hall–Kier alpha value is -0.380. The lowest BCUT2D eigenvalue weighted by Gasteiger charge is -2.39. The third-order valence-corrected chi connectivity index (χ3v) is 11.2. The second-order valence-electron chi connectivity index (χ2n) is 20.9. The average molecular weight is 763 g/mol. The number of unbranched alkanes of at least 4 members (excludes halogenated alkanes) is 23. The van der Waals surface area contributed by atoms with Gasteiger partial charge in [-0.2, -0.15) is 0 Å². The van der Waals surface area contributed by atoms with Crippen molar-refractivity contribution in [3.8, 4) is 0 Å². The van der Waals surface area contributed by atoms with E-state index in [1.165, 1.54) is 173 Å². The Balaban J connectivity index is 5.23. The van der Waals surface area contributed by atoms with Gasteiger partial charge in [-0.05, 0) is 61.2 Å². The number of hydrogen-bond donors (Lipinski definition) is 0. The molecule has 0 amide bonds. The molecule has 3 heteroatoms. The van der Waals surface area contributed by atoms with Crippen molar-refractivity contribution < 1.29 is 14.2 Å². The van der Waals surface area contributed by atoms with Gasteiger partial charge in [0.25, 0.3) is 5.97 Å². The molecule has 0 saturated carbocycles. The molecule has 1 unspecified atom stereocenters. The fourth-order valence-electron chi connectivity index (χ4n) is 7.60. The van der Waals surface area contributed by atoms with Crippen LogP contribution in [0.1, 0.15) is 268 Å². The molecular weight excluding hydrogens is 661 g/mol. The van der Waals surface area contributed by atoms with Crippen LogP contribution in [-0.2, 0) is 14.2 Å². The van der Waals surface area contributed by atoms with E-state index in [-0.39, 0.29) is 5.92 Å². The standard InChI is InChI=1S/C51H102O3/c1-12-14-15-16-26-33-40-47(13-2)51(52-44-37-30-23-17-20-27-34-41-48(3,4)5,53-45-38-31-24-18-21-28-35-42-49(6,7)8)54-46-39-32-25-19-22-29-36-43-50(9,10)11/h13,47H,2,12,14-46H2,1,3-11H3. The maximum Gasteiger partial charge on any atom is 0.289 e. The van der Waals surface area contributed by atoms with Crippen LogP contribution >= 0.6 is 0 Å². The minimum absolute atomic E-state index is 0.0529. The largest absolute Gasteiger partial charge is 0.327 e. The predicted molar refractivity (Wildman–Crippen MR) is 241 cm³/mol. The van der Waals surface area contributed by atoms with Gasteiger partial charge in [-0.15, -0.1) is 6.58 Å². The molecule has 0 saturated heterocycles. The molecule has 0 aliphatic carbocycles. The Morgan fingerprint density at radius 3 is 0.907 bits per heavy atom. The molecule has 0 N–H and O–H groups in total. The highest BCUT2D eigenvalue weighted by Gasteiger charge is 2.41. The minimum atomic E-state index is -1.00. The van der Waals surface area contributed by atoms with Crippen LogP contribution in [-0.4, -0.2) is 25.8 Å². The third-order valence-electron chi connectivity index (χ3n) is 11.2. The fourth-order valence-corrected chi connectivity index (χ4v) is 7.60. The van der Waals surface area contributed by atoms with Gasteiger partial charge in [0.2, 0.25) is 0 Å². The topological polar surface area (TPSA) is 27.7 Å². The Morgan fingerprint density at radius 1 is 0.370 bits per heavy atom. The zero-order valence-corrected chi connectivity index (χ0v) is 39.1. The van der Waals surface area contributed by atoms with Crippen LogP contribution in [0.2, 0.25) is 0 Å². The van der Waals surface area contributed by atoms with E-state index in [2.05, 4.69) is 81.9 Å².